The van der Waals surface area contributed by atoms with Crippen LogP contribution in [0.5, 0.6) is 0 Å². The average molecular weight is 131 g/mol. The zero-order valence-corrected chi connectivity index (χ0v) is 5.19. The van der Waals surface area contributed by atoms with E-state index >= 15 is 0 Å². The van der Waals surface area contributed by atoms with Crippen LogP contribution in [0.4, 0.5) is 0 Å². The molecule has 0 N–H and O–H groups in total. The summed E-state index contributed by atoms with van der Waals surface area (Å²) >= 11 is 4.67. The average Bonchev–Trinajstić information content (AvgIpc) is 1.68. The van der Waals surface area contributed by atoms with Crippen LogP contribution in [0.3, 0.4) is 0 Å². The van der Waals surface area contributed by atoms with E-state index < -0.39 is 0 Å². The van der Waals surface area contributed by atoms with Crippen LogP contribution >= 0.6 is 12.6 Å². The third kappa shape index (κ3) is 3.87. The van der Waals surface area contributed by atoms with Gasteiger partial charge in [-0.2, -0.15) is 0 Å². The molecule has 0 rings (SSSR count). The molecular formula is C5H7O2S. The first-order valence-electron chi connectivity index (χ1n) is 2.34. The maximum atomic E-state index is 9.71. The van der Waals surface area contributed by atoms with E-state index in [1.54, 1.807) is 0 Å². The van der Waals surface area contributed by atoms with Gasteiger partial charge in [-0.05, 0) is 0 Å². The summed E-state index contributed by atoms with van der Waals surface area (Å²) in [6.45, 7) is 0. The van der Waals surface area contributed by atoms with Crippen molar-refractivity contribution in [3.8, 4) is 0 Å². The molecule has 0 aliphatic carbocycles. The smallest absolute Gasteiger partial charge is 0.121 e. The standard InChI is InChI=1S/C5H7O2S/c6-3-1-5(8)2-4-7/h3-5H,1-2H2. The fraction of sp³-hybridized carbons (Fsp3) is 0.600. The highest BCUT2D eigenvalue weighted by atomic mass is 32.1. The van der Waals surface area contributed by atoms with Crippen LogP contribution in [0.2, 0.25) is 0 Å². The molecule has 45 valence electrons. The van der Waals surface area contributed by atoms with E-state index in [2.05, 4.69) is 12.6 Å². The van der Waals surface area contributed by atoms with E-state index in [0.29, 0.717) is 12.8 Å². The van der Waals surface area contributed by atoms with Gasteiger partial charge in [-0.3, -0.25) is 0 Å². The molecule has 3 heteroatoms. The summed E-state index contributed by atoms with van der Waals surface area (Å²) in [7, 11) is 0. The van der Waals surface area contributed by atoms with Crippen LogP contribution in [0.1, 0.15) is 12.8 Å². The molecule has 0 aromatic carbocycles. The minimum absolute atomic E-state index is 0.190. The fourth-order valence-electron chi connectivity index (χ4n) is 0.311. The molecule has 0 unspecified atom stereocenters. The lowest BCUT2D eigenvalue weighted by Gasteiger charge is -1.94. The number of hydrogen-bond donors (Lipinski definition) is 0. The monoisotopic (exact) mass is 131 g/mol. The van der Waals surface area contributed by atoms with Crippen LogP contribution in [0, 0.1) is 0 Å². The van der Waals surface area contributed by atoms with Gasteiger partial charge in [-0.1, -0.05) is 12.6 Å². The molecule has 0 aliphatic rings. The third-order valence-corrected chi connectivity index (χ3v) is 1.10. The van der Waals surface area contributed by atoms with E-state index in [9.17, 15) is 9.59 Å². The van der Waals surface area contributed by atoms with Crippen LogP contribution in [-0.2, 0) is 9.59 Å². The minimum Gasteiger partial charge on any atom is -0.303 e. The second-order valence-electron chi connectivity index (χ2n) is 1.43. The summed E-state index contributed by atoms with van der Waals surface area (Å²) in [6, 6.07) is 0. The Hall–Kier alpha value is -0.310. The highest BCUT2D eigenvalue weighted by Gasteiger charge is 1.99. The van der Waals surface area contributed by atoms with Gasteiger partial charge in [0.2, 0.25) is 0 Å². The minimum atomic E-state index is -0.190. The highest BCUT2D eigenvalue weighted by molar-refractivity contribution is 7.81. The molecule has 1 radical (unpaired) electrons. The molecule has 8 heavy (non-hydrogen) atoms. The normalized spacial score (nSPS) is 9.25. The van der Waals surface area contributed by atoms with Gasteiger partial charge in [0.15, 0.2) is 0 Å². The Kier molecular flexibility index (Phi) is 4.65. The van der Waals surface area contributed by atoms with Crippen LogP contribution in [0.15, 0.2) is 0 Å². The van der Waals surface area contributed by atoms with E-state index in [1.165, 1.54) is 0 Å². The predicted octanol–water partition coefficient (Wildman–Crippen LogP) is 0.730. The molecular weight excluding hydrogens is 124 g/mol. The molecule has 0 fully saturated rings. The van der Waals surface area contributed by atoms with Gasteiger partial charge in [0.1, 0.15) is 12.6 Å². The molecule has 0 aliphatic heterocycles. The zero-order chi connectivity index (χ0) is 6.41. The van der Waals surface area contributed by atoms with Crippen LogP contribution in [-0.4, -0.2) is 17.8 Å². The van der Waals surface area contributed by atoms with Crippen LogP contribution < -0.4 is 0 Å². The van der Waals surface area contributed by atoms with Crippen molar-refractivity contribution in [1.29, 1.82) is 0 Å². The van der Waals surface area contributed by atoms with Gasteiger partial charge >= 0.3 is 0 Å². The molecule has 0 amide bonds. The van der Waals surface area contributed by atoms with Crippen molar-refractivity contribution in [2.24, 2.45) is 0 Å². The Labute approximate surface area is 53.7 Å². The van der Waals surface area contributed by atoms with E-state index in [1.807, 2.05) is 0 Å². The molecule has 0 saturated heterocycles. The molecule has 0 saturated carbocycles. The molecule has 0 aromatic heterocycles. The highest BCUT2D eigenvalue weighted by Crippen LogP contribution is 2.00. The van der Waals surface area contributed by atoms with Gasteiger partial charge in [0, 0.05) is 18.1 Å². The lowest BCUT2D eigenvalue weighted by Crippen LogP contribution is -1.98. The number of aldehydes is 2. The van der Waals surface area contributed by atoms with Gasteiger partial charge in [0.05, 0.1) is 0 Å². The van der Waals surface area contributed by atoms with E-state index in [4.69, 9.17) is 0 Å². The SMILES string of the molecule is O=CCC([S])CC=O. The second-order valence-corrected chi connectivity index (χ2v) is 2.09. The summed E-state index contributed by atoms with van der Waals surface area (Å²) < 4.78 is 0. The van der Waals surface area contributed by atoms with Crippen molar-refractivity contribution in [2.75, 3.05) is 0 Å². The lowest BCUT2D eigenvalue weighted by atomic mass is 10.2. The molecule has 2 nitrogen and oxygen atoms in total. The number of carbonyl (C=O) groups is 2. The van der Waals surface area contributed by atoms with Crippen molar-refractivity contribution in [3.05, 3.63) is 0 Å². The topological polar surface area (TPSA) is 34.1 Å². The summed E-state index contributed by atoms with van der Waals surface area (Å²) in [6.07, 6.45) is 2.10. The Bertz CT molecular complexity index is 72.5. The quantitative estimate of drug-likeness (QED) is 0.527. The largest absolute Gasteiger partial charge is 0.303 e. The predicted molar refractivity (Wildman–Crippen MR) is 32.7 cm³/mol. The maximum Gasteiger partial charge on any atom is 0.121 e. The van der Waals surface area contributed by atoms with Crippen molar-refractivity contribution in [1.82, 2.24) is 0 Å². The Morgan fingerprint density at radius 2 is 1.62 bits per heavy atom. The van der Waals surface area contributed by atoms with Gasteiger partial charge < -0.3 is 9.59 Å². The summed E-state index contributed by atoms with van der Waals surface area (Å²) in [5.41, 5.74) is 0. The van der Waals surface area contributed by atoms with Crippen LogP contribution in [0.25, 0.3) is 0 Å². The van der Waals surface area contributed by atoms with Crippen molar-refractivity contribution in [3.63, 3.8) is 0 Å². The Morgan fingerprint density at radius 3 is 1.88 bits per heavy atom. The van der Waals surface area contributed by atoms with E-state index in [0.717, 1.165) is 12.6 Å². The van der Waals surface area contributed by atoms with Crippen molar-refractivity contribution < 1.29 is 9.59 Å². The lowest BCUT2D eigenvalue weighted by molar-refractivity contribution is -0.108. The molecule has 0 heterocycles. The number of rotatable bonds is 4. The van der Waals surface area contributed by atoms with E-state index in [-0.39, 0.29) is 5.25 Å². The Balaban J connectivity index is 3.16. The van der Waals surface area contributed by atoms with Crippen molar-refractivity contribution in [2.45, 2.75) is 18.1 Å². The fourth-order valence-corrected chi connectivity index (χ4v) is 0.468. The number of hydrogen-bond acceptors (Lipinski definition) is 2. The van der Waals surface area contributed by atoms with Gasteiger partial charge in [-0.15, -0.1) is 0 Å². The molecule has 0 bridgehead atoms. The van der Waals surface area contributed by atoms with Gasteiger partial charge in [-0.25, -0.2) is 0 Å². The zero-order valence-electron chi connectivity index (χ0n) is 4.37. The Morgan fingerprint density at radius 1 is 1.25 bits per heavy atom. The van der Waals surface area contributed by atoms with Gasteiger partial charge in [0.25, 0.3) is 0 Å². The first-order valence-corrected chi connectivity index (χ1v) is 2.81. The first-order chi connectivity index (χ1) is 3.81. The van der Waals surface area contributed by atoms with Crippen molar-refractivity contribution >= 4 is 25.2 Å². The summed E-state index contributed by atoms with van der Waals surface area (Å²) in [5.74, 6) is 0. The second kappa shape index (κ2) is 4.84. The summed E-state index contributed by atoms with van der Waals surface area (Å²) in [5, 5.41) is -0.190. The maximum absolute atomic E-state index is 9.71. The molecule has 0 atom stereocenters. The molecule has 0 aromatic rings. The summed E-state index contributed by atoms with van der Waals surface area (Å²) in [4.78, 5) is 19.4. The number of carbonyl (C=O) groups excluding carboxylic acids is 2. The first kappa shape index (κ1) is 7.69. The third-order valence-electron chi connectivity index (χ3n) is 0.718. The molecule has 0 spiro atoms.